The third-order valence-electron chi connectivity index (χ3n) is 6.49. The number of rotatable bonds is 12. The fourth-order valence-corrected chi connectivity index (χ4v) is 4.51. The van der Waals surface area contributed by atoms with E-state index >= 15 is 0 Å². The minimum Gasteiger partial charge on any atom is -0.465 e. The van der Waals surface area contributed by atoms with Gasteiger partial charge in [0.05, 0.1) is 17.7 Å². The summed E-state index contributed by atoms with van der Waals surface area (Å²) in [6.45, 7) is 12.5. The minimum atomic E-state index is -1.07. The number of halogens is 1. The summed E-state index contributed by atoms with van der Waals surface area (Å²) in [5, 5.41) is 0. The van der Waals surface area contributed by atoms with Gasteiger partial charge < -0.3 is 9.30 Å². The molecule has 0 bridgehead atoms. The number of para-hydroxylation sites is 1. The van der Waals surface area contributed by atoms with Gasteiger partial charge in [-0.05, 0) is 69.3 Å². The number of ether oxygens (including phenoxy) is 1. The van der Waals surface area contributed by atoms with Crippen LogP contribution in [0.5, 0.6) is 0 Å². The van der Waals surface area contributed by atoms with Crippen LogP contribution < -0.4 is 5.56 Å². The Balaban J connectivity index is 1.92. The van der Waals surface area contributed by atoms with Crippen molar-refractivity contribution in [1.29, 1.82) is 0 Å². The first-order valence-corrected chi connectivity index (χ1v) is 12.6. The molecule has 34 heavy (non-hydrogen) atoms. The summed E-state index contributed by atoms with van der Waals surface area (Å²) < 4.78 is 23.7. The number of benzene rings is 1. The van der Waals surface area contributed by atoms with Crippen molar-refractivity contribution in [2.24, 2.45) is 17.3 Å². The van der Waals surface area contributed by atoms with Crippen LogP contribution in [0.3, 0.4) is 0 Å². The van der Waals surface area contributed by atoms with Crippen LogP contribution in [0.15, 0.2) is 41.3 Å². The van der Waals surface area contributed by atoms with Crippen LogP contribution in [0, 0.1) is 28.9 Å². The number of carbonyl (C=O) groups is 1. The lowest BCUT2D eigenvalue weighted by molar-refractivity contribution is -0.159. The summed E-state index contributed by atoms with van der Waals surface area (Å²) in [4.78, 5) is 25.3. The lowest BCUT2D eigenvalue weighted by Gasteiger charge is -2.33. The van der Waals surface area contributed by atoms with Crippen molar-refractivity contribution in [2.45, 2.75) is 79.9 Å². The standard InChI is InChI=1S/C27H39FN2O3S/c1-19(2)17-27(6,20(3)4)25(32)33-16-14-22(28)11-10-15-29-18-21(5)24(31)30(26(29)34)23-12-8-7-9-13-23/h7-9,12-13,18-20,22H,10-11,14-17H2,1-6H3. The van der Waals surface area contributed by atoms with E-state index in [2.05, 4.69) is 13.8 Å². The predicted molar refractivity (Wildman–Crippen MR) is 138 cm³/mol. The third kappa shape index (κ3) is 7.11. The fraction of sp³-hybridized carbons (Fsp3) is 0.593. The predicted octanol–water partition coefficient (Wildman–Crippen LogP) is 6.44. The Labute approximate surface area is 208 Å². The first kappa shape index (κ1) is 28.0. The maximum atomic E-state index is 14.5. The van der Waals surface area contributed by atoms with E-state index in [1.165, 1.54) is 4.57 Å². The normalized spacial score (nSPS) is 14.3. The van der Waals surface area contributed by atoms with Crippen LogP contribution in [0.1, 0.15) is 65.9 Å². The molecule has 0 fully saturated rings. The molecular formula is C27H39FN2O3S. The molecule has 2 aromatic rings. The molecule has 7 heteroatoms. The second-order valence-corrected chi connectivity index (χ2v) is 10.5. The fourth-order valence-electron chi connectivity index (χ4n) is 4.18. The number of hydrogen-bond donors (Lipinski definition) is 0. The van der Waals surface area contributed by atoms with Crippen molar-refractivity contribution in [1.82, 2.24) is 9.13 Å². The number of hydrogen-bond acceptors (Lipinski definition) is 4. The Bertz CT molecular complexity index is 1060. The van der Waals surface area contributed by atoms with Gasteiger partial charge in [-0.3, -0.25) is 14.2 Å². The zero-order valence-electron chi connectivity index (χ0n) is 21.3. The van der Waals surface area contributed by atoms with Gasteiger partial charge in [-0.25, -0.2) is 4.39 Å². The molecular weight excluding hydrogens is 451 g/mol. The molecule has 0 saturated heterocycles. The molecule has 0 radical (unpaired) electrons. The number of aromatic nitrogens is 2. The van der Waals surface area contributed by atoms with Gasteiger partial charge in [-0.1, -0.05) is 45.9 Å². The van der Waals surface area contributed by atoms with E-state index in [0.717, 1.165) is 6.42 Å². The lowest BCUT2D eigenvalue weighted by Crippen LogP contribution is -2.36. The quantitative estimate of drug-likeness (QED) is 0.254. The first-order valence-electron chi connectivity index (χ1n) is 12.2. The van der Waals surface area contributed by atoms with E-state index in [0.29, 0.717) is 41.3 Å². The van der Waals surface area contributed by atoms with Crippen molar-refractivity contribution in [3.05, 3.63) is 57.2 Å². The maximum Gasteiger partial charge on any atom is 0.312 e. The summed E-state index contributed by atoms with van der Waals surface area (Å²) in [5.74, 6) is 0.282. The molecule has 0 aliphatic carbocycles. The van der Waals surface area contributed by atoms with E-state index < -0.39 is 11.6 Å². The van der Waals surface area contributed by atoms with Gasteiger partial charge in [0.1, 0.15) is 6.17 Å². The monoisotopic (exact) mass is 490 g/mol. The van der Waals surface area contributed by atoms with Crippen molar-refractivity contribution in [3.8, 4) is 5.69 Å². The van der Waals surface area contributed by atoms with E-state index in [9.17, 15) is 14.0 Å². The first-order chi connectivity index (χ1) is 16.0. The van der Waals surface area contributed by atoms with Gasteiger partial charge in [-0.2, -0.15) is 0 Å². The average molecular weight is 491 g/mol. The SMILES string of the molecule is Cc1cn(CCCC(F)CCOC(=O)C(C)(CC(C)C)C(C)C)c(=S)n(-c2ccccc2)c1=O. The van der Waals surface area contributed by atoms with E-state index in [-0.39, 0.29) is 30.5 Å². The van der Waals surface area contributed by atoms with E-state index in [1.807, 2.05) is 55.7 Å². The molecule has 0 spiro atoms. The van der Waals surface area contributed by atoms with Crippen molar-refractivity contribution in [3.63, 3.8) is 0 Å². The zero-order valence-corrected chi connectivity index (χ0v) is 22.2. The second-order valence-electron chi connectivity index (χ2n) is 10.1. The molecule has 0 aliphatic rings. The Morgan fingerprint density at radius 1 is 1.15 bits per heavy atom. The third-order valence-corrected chi connectivity index (χ3v) is 6.91. The van der Waals surface area contributed by atoms with Gasteiger partial charge in [-0.15, -0.1) is 0 Å². The van der Waals surface area contributed by atoms with Crippen LogP contribution in [-0.2, 0) is 16.1 Å². The Hall–Kier alpha value is -2.28. The number of nitrogens with zero attached hydrogens (tertiary/aromatic N) is 2. The summed E-state index contributed by atoms with van der Waals surface area (Å²) in [5.41, 5.74) is 0.584. The Morgan fingerprint density at radius 2 is 1.79 bits per heavy atom. The Kier molecular flexibility index (Phi) is 10.2. The highest BCUT2D eigenvalue weighted by molar-refractivity contribution is 7.71. The molecule has 1 aromatic heterocycles. The van der Waals surface area contributed by atoms with Crippen LogP contribution in [-0.4, -0.2) is 27.9 Å². The molecule has 0 N–H and O–H groups in total. The zero-order chi connectivity index (χ0) is 25.5. The largest absolute Gasteiger partial charge is 0.465 e. The summed E-state index contributed by atoms with van der Waals surface area (Å²) >= 11 is 5.56. The smallest absolute Gasteiger partial charge is 0.312 e. The second kappa shape index (κ2) is 12.4. The van der Waals surface area contributed by atoms with Crippen molar-refractivity contribution in [2.75, 3.05) is 6.61 Å². The average Bonchev–Trinajstić information content (AvgIpc) is 2.77. The van der Waals surface area contributed by atoms with Gasteiger partial charge in [0.25, 0.3) is 5.56 Å². The number of esters is 1. The molecule has 188 valence electrons. The summed E-state index contributed by atoms with van der Waals surface area (Å²) in [7, 11) is 0. The topological polar surface area (TPSA) is 53.2 Å². The molecule has 0 amide bonds. The molecule has 0 saturated carbocycles. The van der Waals surface area contributed by atoms with Crippen molar-refractivity contribution < 1.29 is 13.9 Å². The minimum absolute atomic E-state index is 0.0812. The van der Waals surface area contributed by atoms with E-state index in [1.54, 1.807) is 13.1 Å². The van der Waals surface area contributed by atoms with Gasteiger partial charge >= 0.3 is 5.97 Å². The number of aryl methyl sites for hydroxylation is 2. The van der Waals surface area contributed by atoms with Crippen molar-refractivity contribution >= 4 is 18.2 Å². The van der Waals surface area contributed by atoms with Gasteiger partial charge in [0.15, 0.2) is 4.77 Å². The highest BCUT2D eigenvalue weighted by atomic mass is 32.1. The molecule has 1 aromatic carbocycles. The molecule has 1 heterocycles. The molecule has 2 unspecified atom stereocenters. The van der Waals surface area contributed by atoms with Gasteiger partial charge in [0.2, 0.25) is 0 Å². The summed E-state index contributed by atoms with van der Waals surface area (Å²) in [6.07, 6.45) is 2.48. The van der Waals surface area contributed by atoms with Gasteiger partial charge in [0, 0.05) is 24.7 Å². The number of carbonyl (C=O) groups excluding carboxylic acids is 1. The van der Waals surface area contributed by atoms with Crippen LogP contribution in [0.2, 0.25) is 0 Å². The molecule has 5 nitrogen and oxygen atoms in total. The van der Waals surface area contributed by atoms with Crippen LogP contribution in [0.4, 0.5) is 4.39 Å². The summed E-state index contributed by atoms with van der Waals surface area (Å²) in [6, 6.07) is 9.27. The Morgan fingerprint density at radius 3 is 2.38 bits per heavy atom. The van der Waals surface area contributed by atoms with Crippen LogP contribution >= 0.6 is 12.2 Å². The highest BCUT2D eigenvalue weighted by Gasteiger charge is 2.38. The molecule has 2 rings (SSSR count). The molecule has 0 aliphatic heterocycles. The maximum absolute atomic E-state index is 14.5. The number of alkyl halides is 1. The lowest BCUT2D eigenvalue weighted by atomic mass is 9.73. The van der Waals surface area contributed by atoms with Crippen LogP contribution in [0.25, 0.3) is 5.69 Å². The highest BCUT2D eigenvalue weighted by Crippen LogP contribution is 2.35. The molecule has 2 atom stereocenters. The van der Waals surface area contributed by atoms with E-state index in [4.69, 9.17) is 17.0 Å².